The SMILES string of the molecule is COCC(NC(=O)CCN1C(=O)C(C)Oc2ccccc21)C(=O)O. The van der Waals surface area contributed by atoms with Gasteiger partial charge in [0.05, 0.1) is 12.3 Å². The minimum Gasteiger partial charge on any atom is -0.480 e. The van der Waals surface area contributed by atoms with Gasteiger partial charge in [-0.25, -0.2) is 4.79 Å². The molecule has 2 atom stereocenters. The number of carbonyl (C=O) groups excluding carboxylic acids is 2. The maximum Gasteiger partial charge on any atom is 0.328 e. The molecule has 0 spiro atoms. The maximum atomic E-state index is 12.3. The van der Waals surface area contributed by atoms with Crippen LogP contribution >= 0.6 is 0 Å². The van der Waals surface area contributed by atoms with Gasteiger partial charge in [-0.05, 0) is 19.1 Å². The third-order valence-corrected chi connectivity index (χ3v) is 3.60. The second kappa shape index (κ2) is 7.78. The fourth-order valence-electron chi connectivity index (χ4n) is 2.41. The summed E-state index contributed by atoms with van der Waals surface area (Å²) in [5.74, 6) is -1.31. The third kappa shape index (κ3) is 4.02. The third-order valence-electron chi connectivity index (χ3n) is 3.60. The van der Waals surface area contributed by atoms with Crippen molar-refractivity contribution in [2.45, 2.75) is 25.5 Å². The van der Waals surface area contributed by atoms with Crippen molar-refractivity contribution in [2.24, 2.45) is 0 Å². The lowest BCUT2D eigenvalue weighted by atomic mass is 10.1. The Morgan fingerprint density at radius 1 is 1.42 bits per heavy atom. The van der Waals surface area contributed by atoms with E-state index in [0.717, 1.165) is 0 Å². The van der Waals surface area contributed by atoms with E-state index in [1.807, 2.05) is 0 Å². The van der Waals surface area contributed by atoms with Crippen LogP contribution in [0.1, 0.15) is 13.3 Å². The molecule has 0 radical (unpaired) electrons. The summed E-state index contributed by atoms with van der Waals surface area (Å²) in [7, 11) is 1.35. The quantitative estimate of drug-likeness (QED) is 0.747. The van der Waals surface area contributed by atoms with Crippen LogP contribution in [0.25, 0.3) is 0 Å². The van der Waals surface area contributed by atoms with Gasteiger partial charge in [-0.3, -0.25) is 9.59 Å². The van der Waals surface area contributed by atoms with Crippen LogP contribution in [0, 0.1) is 0 Å². The summed E-state index contributed by atoms with van der Waals surface area (Å²) in [6.45, 7) is 1.65. The predicted molar refractivity (Wildman–Crippen MR) is 84.9 cm³/mol. The first-order chi connectivity index (χ1) is 11.4. The van der Waals surface area contributed by atoms with Crippen LogP contribution < -0.4 is 15.0 Å². The van der Waals surface area contributed by atoms with Gasteiger partial charge in [-0.2, -0.15) is 0 Å². The van der Waals surface area contributed by atoms with Crippen molar-refractivity contribution < 1.29 is 29.0 Å². The molecule has 24 heavy (non-hydrogen) atoms. The molecular weight excluding hydrogens is 316 g/mol. The molecule has 1 aliphatic heterocycles. The second-order valence-corrected chi connectivity index (χ2v) is 5.38. The van der Waals surface area contributed by atoms with Gasteiger partial charge in [0, 0.05) is 20.1 Å². The summed E-state index contributed by atoms with van der Waals surface area (Å²) < 4.78 is 10.3. The zero-order chi connectivity index (χ0) is 17.7. The van der Waals surface area contributed by atoms with Crippen LogP contribution in [0.15, 0.2) is 24.3 Å². The number of hydrogen-bond donors (Lipinski definition) is 2. The molecule has 1 aliphatic rings. The van der Waals surface area contributed by atoms with Gasteiger partial charge < -0.3 is 24.8 Å². The van der Waals surface area contributed by atoms with Crippen LogP contribution in [-0.4, -0.2) is 55.3 Å². The first kappa shape index (κ1) is 17.7. The molecule has 2 amide bonds. The highest BCUT2D eigenvalue weighted by Crippen LogP contribution is 2.33. The number of fused-ring (bicyclic) bond motifs is 1. The lowest BCUT2D eigenvalue weighted by Gasteiger charge is -2.32. The Hall–Kier alpha value is -2.61. The van der Waals surface area contributed by atoms with Crippen molar-refractivity contribution in [1.82, 2.24) is 5.32 Å². The van der Waals surface area contributed by atoms with Crippen molar-refractivity contribution in [3.05, 3.63) is 24.3 Å². The summed E-state index contributed by atoms with van der Waals surface area (Å²) in [6, 6.07) is 5.95. The molecule has 2 N–H and O–H groups in total. The van der Waals surface area contributed by atoms with Crippen molar-refractivity contribution in [1.29, 1.82) is 0 Å². The Morgan fingerprint density at radius 3 is 2.79 bits per heavy atom. The largest absolute Gasteiger partial charge is 0.480 e. The van der Waals surface area contributed by atoms with Crippen molar-refractivity contribution in [3.8, 4) is 5.75 Å². The summed E-state index contributed by atoms with van der Waals surface area (Å²) >= 11 is 0. The number of aliphatic carboxylic acids is 1. The van der Waals surface area contributed by atoms with Crippen LogP contribution in [0.5, 0.6) is 5.75 Å². The van der Waals surface area contributed by atoms with Gasteiger partial charge in [0.2, 0.25) is 5.91 Å². The Bertz CT molecular complexity index is 633. The molecule has 130 valence electrons. The number of carbonyl (C=O) groups is 3. The molecule has 2 rings (SSSR count). The number of methoxy groups -OCH3 is 1. The van der Waals surface area contributed by atoms with Crippen LogP contribution in [-0.2, 0) is 19.1 Å². The number of nitrogens with one attached hydrogen (secondary N) is 1. The smallest absolute Gasteiger partial charge is 0.328 e. The van der Waals surface area contributed by atoms with Gasteiger partial charge in [-0.1, -0.05) is 12.1 Å². The number of nitrogens with zero attached hydrogens (tertiary/aromatic N) is 1. The topological polar surface area (TPSA) is 105 Å². The molecule has 1 aromatic carbocycles. The molecular formula is C16H20N2O6. The fourth-order valence-corrected chi connectivity index (χ4v) is 2.41. The molecule has 0 fully saturated rings. The highest BCUT2D eigenvalue weighted by molar-refractivity contribution is 6.00. The van der Waals surface area contributed by atoms with Crippen molar-refractivity contribution in [2.75, 3.05) is 25.2 Å². The molecule has 0 bridgehead atoms. The minimum absolute atomic E-state index is 0.0275. The number of ether oxygens (including phenoxy) is 2. The summed E-state index contributed by atoms with van der Waals surface area (Å²) in [5.41, 5.74) is 0.597. The molecule has 0 saturated carbocycles. The van der Waals surface area contributed by atoms with E-state index >= 15 is 0 Å². The highest BCUT2D eigenvalue weighted by Gasteiger charge is 2.31. The molecule has 0 aromatic heterocycles. The van der Waals surface area contributed by atoms with Crippen molar-refractivity contribution in [3.63, 3.8) is 0 Å². The normalized spacial score (nSPS) is 17.7. The van der Waals surface area contributed by atoms with Gasteiger partial charge in [-0.15, -0.1) is 0 Å². The lowest BCUT2D eigenvalue weighted by molar-refractivity contribution is -0.143. The molecule has 2 unspecified atom stereocenters. The zero-order valence-electron chi connectivity index (χ0n) is 13.5. The number of hydrogen-bond acceptors (Lipinski definition) is 5. The van der Waals surface area contributed by atoms with E-state index in [4.69, 9.17) is 14.6 Å². The summed E-state index contributed by atoms with van der Waals surface area (Å²) in [5, 5.41) is 11.4. The summed E-state index contributed by atoms with van der Waals surface area (Å²) in [4.78, 5) is 36.8. The van der Waals surface area contributed by atoms with Gasteiger partial charge in [0.1, 0.15) is 5.75 Å². The zero-order valence-corrected chi connectivity index (χ0v) is 13.5. The Morgan fingerprint density at radius 2 is 2.12 bits per heavy atom. The van der Waals surface area contributed by atoms with E-state index in [-0.39, 0.29) is 25.5 Å². The van der Waals surface area contributed by atoms with E-state index in [0.29, 0.717) is 11.4 Å². The van der Waals surface area contributed by atoms with Crippen LogP contribution in [0.3, 0.4) is 0 Å². The summed E-state index contributed by atoms with van der Waals surface area (Å²) in [6.07, 6.45) is -0.663. The first-order valence-corrected chi connectivity index (χ1v) is 7.52. The van der Waals surface area contributed by atoms with E-state index in [2.05, 4.69) is 5.32 Å². The molecule has 0 aliphatic carbocycles. The molecule has 1 heterocycles. The monoisotopic (exact) mass is 336 g/mol. The van der Waals surface area contributed by atoms with E-state index in [1.54, 1.807) is 31.2 Å². The fraction of sp³-hybridized carbons (Fsp3) is 0.438. The number of carboxylic acids is 1. The Kier molecular flexibility index (Phi) is 5.75. The molecule has 8 heteroatoms. The lowest BCUT2D eigenvalue weighted by Crippen LogP contribution is -2.47. The van der Waals surface area contributed by atoms with Crippen LogP contribution in [0.2, 0.25) is 0 Å². The average Bonchev–Trinajstić information content (AvgIpc) is 2.54. The minimum atomic E-state index is -1.17. The van der Waals surface area contributed by atoms with E-state index in [9.17, 15) is 14.4 Å². The average molecular weight is 336 g/mol. The van der Waals surface area contributed by atoms with Gasteiger partial charge in [0.15, 0.2) is 12.1 Å². The highest BCUT2D eigenvalue weighted by atomic mass is 16.5. The number of anilines is 1. The number of amides is 2. The standard InChI is InChI=1S/C16H20N2O6/c1-10-15(20)18(12-5-3-4-6-13(12)24-10)8-7-14(19)17-11(9-23-2)16(21)22/h3-6,10-11H,7-9H2,1-2H3,(H,17,19)(H,21,22). The van der Waals surface area contributed by atoms with E-state index < -0.39 is 24.0 Å². The number of para-hydroxylation sites is 2. The molecule has 0 saturated heterocycles. The molecule has 1 aromatic rings. The van der Waals surface area contributed by atoms with Crippen molar-refractivity contribution >= 4 is 23.5 Å². The number of rotatable bonds is 7. The van der Waals surface area contributed by atoms with Gasteiger partial charge >= 0.3 is 5.97 Å². The van der Waals surface area contributed by atoms with Gasteiger partial charge in [0.25, 0.3) is 5.91 Å². The first-order valence-electron chi connectivity index (χ1n) is 7.52. The van der Waals surface area contributed by atoms with Crippen LogP contribution in [0.4, 0.5) is 5.69 Å². The van der Waals surface area contributed by atoms with E-state index in [1.165, 1.54) is 12.0 Å². The molecule has 8 nitrogen and oxygen atoms in total. The number of benzene rings is 1. The number of carboxylic acid groups (broad SMARTS) is 1. The Labute approximate surface area is 139 Å². The Balaban J connectivity index is 2.01. The second-order valence-electron chi connectivity index (χ2n) is 5.38. The maximum absolute atomic E-state index is 12.3. The predicted octanol–water partition coefficient (Wildman–Crippen LogP) is 0.406.